The molecule has 4 rings (SSSR count). The van der Waals surface area contributed by atoms with Gasteiger partial charge in [0.1, 0.15) is 6.04 Å². The van der Waals surface area contributed by atoms with Crippen molar-refractivity contribution in [2.75, 3.05) is 13.1 Å². The SMILES string of the molecule is O=C(NC1CCN(C(=O)NC2CCCC2)CC1)C(=O)[C@H]1CCC(=O)N1Cc1ccccc1. The fourth-order valence-corrected chi connectivity index (χ4v) is 4.96. The Morgan fingerprint density at radius 1 is 0.875 bits per heavy atom. The molecule has 3 fully saturated rings. The number of hydrogen-bond donors (Lipinski definition) is 2. The molecule has 1 aliphatic carbocycles. The maximum atomic E-state index is 12.9. The Hall–Kier alpha value is -2.90. The van der Waals surface area contributed by atoms with Crippen LogP contribution in [0.15, 0.2) is 30.3 Å². The molecule has 0 unspecified atom stereocenters. The summed E-state index contributed by atoms with van der Waals surface area (Å²) in [5.41, 5.74) is 0.934. The van der Waals surface area contributed by atoms with Crippen LogP contribution in [-0.4, -0.2) is 64.6 Å². The summed E-state index contributed by atoms with van der Waals surface area (Å²) in [6, 6.07) is 8.90. The van der Waals surface area contributed by atoms with E-state index in [2.05, 4.69) is 10.6 Å². The van der Waals surface area contributed by atoms with Crippen LogP contribution in [0.1, 0.15) is 56.9 Å². The topological polar surface area (TPSA) is 98.8 Å². The van der Waals surface area contributed by atoms with Crippen molar-refractivity contribution in [2.24, 2.45) is 0 Å². The highest BCUT2D eigenvalue weighted by Gasteiger charge is 2.39. The van der Waals surface area contributed by atoms with Crippen molar-refractivity contribution in [1.82, 2.24) is 20.4 Å². The molecule has 0 spiro atoms. The van der Waals surface area contributed by atoms with E-state index in [1.807, 2.05) is 30.3 Å². The van der Waals surface area contributed by atoms with Gasteiger partial charge in [0.05, 0.1) is 0 Å². The summed E-state index contributed by atoms with van der Waals surface area (Å²) in [6.45, 7) is 1.44. The van der Waals surface area contributed by atoms with Gasteiger partial charge in [0.25, 0.3) is 5.91 Å². The highest BCUT2D eigenvalue weighted by Crippen LogP contribution is 2.23. The molecule has 0 radical (unpaired) electrons. The first-order valence-corrected chi connectivity index (χ1v) is 11.7. The minimum Gasteiger partial charge on any atom is -0.347 e. The third-order valence-corrected chi connectivity index (χ3v) is 6.85. The lowest BCUT2D eigenvalue weighted by Crippen LogP contribution is -2.53. The summed E-state index contributed by atoms with van der Waals surface area (Å²) >= 11 is 0. The highest BCUT2D eigenvalue weighted by molar-refractivity contribution is 6.38. The first-order valence-electron chi connectivity index (χ1n) is 11.7. The minimum atomic E-state index is -0.708. The molecule has 172 valence electrons. The molecule has 2 aliphatic heterocycles. The Labute approximate surface area is 188 Å². The van der Waals surface area contributed by atoms with Crippen LogP contribution in [0.3, 0.4) is 0 Å². The molecule has 1 atom stereocenters. The van der Waals surface area contributed by atoms with E-state index in [0.29, 0.717) is 38.9 Å². The van der Waals surface area contributed by atoms with Crippen molar-refractivity contribution >= 4 is 23.6 Å². The number of benzene rings is 1. The van der Waals surface area contributed by atoms with Crippen molar-refractivity contribution in [3.05, 3.63) is 35.9 Å². The van der Waals surface area contributed by atoms with Gasteiger partial charge in [-0.15, -0.1) is 0 Å². The summed E-state index contributed by atoms with van der Waals surface area (Å²) in [6.07, 6.45) is 6.33. The van der Waals surface area contributed by atoms with Gasteiger partial charge in [-0.2, -0.15) is 0 Å². The number of nitrogens with zero attached hydrogens (tertiary/aromatic N) is 2. The highest BCUT2D eigenvalue weighted by atomic mass is 16.2. The van der Waals surface area contributed by atoms with Gasteiger partial charge in [0.2, 0.25) is 11.7 Å². The smallest absolute Gasteiger partial charge is 0.317 e. The van der Waals surface area contributed by atoms with Gasteiger partial charge in [-0.25, -0.2) is 4.79 Å². The van der Waals surface area contributed by atoms with Crippen LogP contribution >= 0.6 is 0 Å². The fraction of sp³-hybridized carbons (Fsp3) is 0.583. The molecule has 3 aliphatic rings. The molecular weight excluding hydrogens is 408 g/mol. The number of nitrogens with one attached hydrogen (secondary N) is 2. The van der Waals surface area contributed by atoms with Crippen molar-refractivity contribution < 1.29 is 19.2 Å². The van der Waals surface area contributed by atoms with E-state index in [0.717, 1.165) is 18.4 Å². The Kier molecular flexibility index (Phi) is 7.07. The number of carbonyl (C=O) groups is 4. The lowest BCUT2D eigenvalue weighted by molar-refractivity contribution is -0.143. The maximum absolute atomic E-state index is 12.9. The Bertz CT molecular complexity index is 845. The van der Waals surface area contributed by atoms with Gasteiger partial charge in [-0.1, -0.05) is 43.2 Å². The number of likely N-dealkylation sites (tertiary alicyclic amines) is 2. The molecule has 1 aromatic rings. The number of rotatable bonds is 6. The van der Waals surface area contributed by atoms with E-state index in [9.17, 15) is 19.2 Å². The first kappa shape index (κ1) is 22.3. The number of ketones is 1. The molecule has 32 heavy (non-hydrogen) atoms. The number of piperidine rings is 1. The van der Waals surface area contributed by atoms with E-state index in [1.54, 1.807) is 4.90 Å². The molecular formula is C24H32N4O4. The lowest BCUT2D eigenvalue weighted by atomic mass is 10.0. The van der Waals surface area contributed by atoms with Crippen molar-refractivity contribution in [3.8, 4) is 0 Å². The van der Waals surface area contributed by atoms with Crippen LogP contribution in [0.25, 0.3) is 0 Å². The van der Waals surface area contributed by atoms with Crippen LogP contribution in [-0.2, 0) is 20.9 Å². The lowest BCUT2D eigenvalue weighted by Gasteiger charge is -2.33. The molecule has 8 nitrogen and oxygen atoms in total. The van der Waals surface area contributed by atoms with Crippen LogP contribution in [0.5, 0.6) is 0 Å². The molecule has 0 bridgehead atoms. The summed E-state index contributed by atoms with van der Waals surface area (Å²) in [4.78, 5) is 53.6. The Balaban J connectivity index is 1.26. The monoisotopic (exact) mass is 440 g/mol. The third kappa shape index (κ3) is 5.29. The number of Topliss-reactive ketones (excluding diaryl/α,β-unsaturated/α-hetero) is 1. The zero-order valence-corrected chi connectivity index (χ0v) is 18.4. The average Bonchev–Trinajstić information content (AvgIpc) is 3.44. The van der Waals surface area contributed by atoms with Crippen molar-refractivity contribution in [1.29, 1.82) is 0 Å². The van der Waals surface area contributed by atoms with E-state index in [1.165, 1.54) is 17.7 Å². The van der Waals surface area contributed by atoms with Crippen LogP contribution < -0.4 is 10.6 Å². The first-order chi connectivity index (χ1) is 15.5. The van der Waals surface area contributed by atoms with Gasteiger partial charge in [-0.05, 0) is 37.7 Å². The van der Waals surface area contributed by atoms with Crippen molar-refractivity contribution in [3.63, 3.8) is 0 Å². The van der Waals surface area contributed by atoms with Crippen molar-refractivity contribution in [2.45, 2.75) is 76.0 Å². The maximum Gasteiger partial charge on any atom is 0.317 e. The fourth-order valence-electron chi connectivity index (χ4n) is 4.96. The molecule has 2 N–H and O–H groups in total. The van der Waals surface area contributed by atoms with Gasteiger partial charge >= 0.3 is 6.03 Å². The second-order valence-corrected chi connectivity index (χ2v) is 9.09. The second kappa shape index (κ2) is 10.1. The van der Waals surface area contributed by atoms with Gasteiger partial charge < -0.3 is 20.4 Å². The number of hydrogen-bond acceptors (Lipinski definition) is 4. The van der Waals surface area contributed by atoms with Crippen LogP contribution in [0.4, 0.5) is 4.79 Å². The predicted molar refractivity (Wildman–Crippen MR) is 119 cm³/mol. The molecule has 4 amide bonds. The summed E-state index contributed by atoms with van der Waals surface area (Å²) in [5, 5.41) is 5.94. The normalized spacial score (nSPS) is 22.2. The minimum absolute atomic E-state index is 0.0289. The summed E-state index contributed by atoms with van der Waals surface area (Å²) in [7, 11) is 0. The second-order valence-electron chi connectivity index (χ2n) is 9.09. The van der Waals surface area contributed by atoms with Gasteiger partial charge in [0, 0.05) is 38.1 Å². The Morgan fingerprint density at radius 2 is 1.53 bits per heavy atom. The zero-order valence-electron chi connectivity index (χ0n) is 18.4. The van der Waals surface area contributed by atoms with Gasteiger partial charge in [0.15, 0.2) is 0 Å². The molecule has 2 heterocycles. The molecule has 1 saturated carbocycles. The molecule has 0 aromatic heterocycles. The van der Waals surface area contributed by atoms with Crippen LogP contribution in [0, 0.1) is 0 Å². The molecule has 2 saturated heterocycles. The average molecular weight is 441 g/mol. The van der Waals surface area contributed by atoms with E-state index in [4.69, 9.17) is 0 Å². The van der Waals surface area contributed by atoms with Gasteiger partial charge in [-0.3, -0.25) is 14.4 Å². The summed E-state index contributed by atoms with van der Waals surface area (Å²) < 4.78 is 0. The molecule has 1 aromatic carbocycles. The largest absolute Gasteiger partial charge is 0.347 e. The van der Waals surface area contributed by atoms with E-state index < -0.39 is 17.7 Å². The number of amides is 4. The zero-order chi connectivity index (χ0) is 22.5. The quantitative estimate of drug-likeness (QED) is 0.661. The van der Waals surface area contributed by atoms with E-state index in [-0.39, 0.29) is 30.4 Å². The number of urea groups is 1. The third-order valence-electron chi connectivity index (χ3n) is 6.85. The summed E-state index contributed by atoms with van der Waals surface area (Å²) in [5.74, 6) is -1.27. The standard InChI is InChI=1S/C24H32N4O4/c29-21-11-10-20(28(21)16-17-6-2-1-3-7-17)22(30)23(31)25-19-12-14-27(15-13-19)24(32)26-18-8-4-5-9-18/h1-3,6-7,18-20H,4-5,8-16H2,(H,25,31)(H,26,32)/t20-/m1/s1. The Morgan fingerprint density at radius 3 is 2.22 bits per heavy atom. The van der Waals surface area contributed by atoms with Crippen LogP contribution in [0.2, 0.25) is 0 Å². The van der Waals surface area contributed by atoms with E-state index >= 15 is 0 Å². The number of carbonyl (C=O) groups excluding carboxylic acids is 4. The predicted octanol–water partition coefficient (Wildman–Crippen LogP) is 1.98. The molecule has 8 heteroatoms.